The fourth-order valence-electron chi connectivity index (χ4n) is 3.36. The summed E-state index contributed by atoms with van der Waals surface area (Å²) >= 11 is 0. The lowest BCUT2D eigenvalue weighted by molar-refractivity contribution is -0.138. The minimum absolute atomic E-state index is 0.286. The number of amides is 2. The number of para-hydroxylation sites is 1. The topological polar surface area (TPSA) is 128 Å². The van der Waals surface area contributed by atoms with Crippen LogP contribution in [0.4, 0.5) is 5.69 Å². The lowest BCUT2D eigenvalue weighted by atomic mass is 10.2. The summed E-state index contributed by atoms with van der Waals surface area (Å²) in [7, 11) is 0. The molecule has 30 heavy (non-hydrogen) atoms. The fraction of sp³-hybridized carbons (Fsp3) is 0.400. The van der Waals surface area contributed by atoms with Gasteiger partial charge in [0.15, 0.2) is 0 Å². The molecule has 3 N–H and O–H groups in total. The average Bonchev–Trinajstić information content (AvgIpc) is 2.76. The maximum Gasteiger partial charge on any atom is 0.328 e. The number of carbonyl (C=O) groups excluding carboxylic acids is 2. The molecule has 0 bridgehead atoms. The first kappa shape index (κ1) is 21.3. The molecule has 0 spiro atoms. The summed E-state index contributed by atoms with van der Waals surface area (Å²) in [5.74, 6) is -0.984. The zero-order valence-electron chi connectivity index (χ0n) is 16.7. The minimum Gasteiger partial charge on any atom is -0.394 e. The molecule has 2 aromatic rings. The van der Waals surface area contributed by atoms with Crippen molar-refractivity contribution < 1.29 is 14.7 Å². The highest BCUT2D eigenvalue weighted by Crippen LogP contribution is 2.15. The third kappa shape index (κ3) is 4.95. The summed E-state index contributed by atoms with van der Waals surface area (Å²) in [6.45, 7) is 2.83. The lowest BCUT2D eigenvalue weighted by Gasteiger charge is -2.37. The van der Waals surface area contributed by atoms with E-state index in [1.807, 2.05) is 30.3 Å². The number of aryl methyl sites for hydroxylation is 1. The molecule has 1 unspecified atom stereocenters. The summed E-state index contributed by atoms with van der Waals surface area (Å²) in [5, 5.41) is 12.1. The molecule has 1 saturated heterocycles. The molecule has 2 amide bonds. The second-order valence-electron chi connectivity index (χ2n) is 7.15. The Morgan fingerprint density at radius 1 is 1.13 bits per heavy atom. The van der Waals surface area contributed by atoms with Crippen LogP contribution in [0.5, 0.6) is 0 Å². The number of hydrogen-bond acceptors (Lipinski definition) is 6. The van der Waals surface area contributed by atoms with Gasteiger partial charge in [0.25, 0.3) is 5.56 Å². The van der Waals surface area contributed by atoms with Crippen molar-refractivity contribution in [3.05, 3.63) is 62.9 Å². The van der Waals surface area contributed by atoms with E-state index in [1.54, 1.807) is 4.90 Å². The van der Waals surface area contributed by atoms with Crippen molar-refractivity contribution in [1.82, 2.24) is 19.8 Å². The van der Waals surface area contributed by atoms with Crippen LogP contribution in [0.25, 0.3) is 0 Å². The quantitative estimate of drug-likeness (QED) is 0.537. The van der Waals surface area contributed by atoms with E-state index in [0.717, 1.165) is 10.3 Å². The van der Waals surface area contributed by atoms with Gasteiger partial charge in [-0.2, -0.15) is 0 Å². The van der Waals surface area contributed by atoms with Crippen LogP contribution in [0.2, 0.25) is 0 Å². The Morgan fingerprint density at radius 3 is 2.43 bits per heavy atom. The first-order chi connectivity index (χ1) is 14.4. The number of piperazine rings is 1. The molecular formula is C20H25N5O5. The predicted molar refractivity (Wildman–Crippen MR) is 110 cm³/mol. The highest BCUT2D eigenvalue weighted by atomic mass is 16.3. The maximum absolute atomic E-state index is 12.7. The van der Waals surface area contributed by atoms with Crippen molar-refractivity contribution >= 4 is 17.5 Å². The molecule has 10 nitrogen and oxygen atoms in total. The van der Waals surface area contributed by atoms with Gasteiger partial charge < -0.3 is 20.2 Å². The minimum atomic E-state index is -1.10. The summed E-state index contributed by atoms with van der Waals surface area (Å²) in [6, 6.07) is 8.78. The van der Waals surface area contributed by atoms with Crippen LogP contribution in [-0.2, 0) is 16.1 Å². The van der Waals surface area contributed by atoms with Gasteiger partial charge >= 0.3 is 5.69 Å². The van der Waals surface area contributed by atoms with Crippen LogP contribution < -0.4 is 21.5 Å². The second-order valence-corrected chi connectivity index (χ2v) is 7.15. The van der Waals surface area contributed by atoms with Crippen molar-refractivity contribution in [3.63, 3.8) is 0 Å². The van der Waals surface area contributed by atoms with Crippen molar-refractivity contribution in [2.45, 2.75) is 19.5 Å². The van der Waals surface area contributed by atoms with E-state index in [-0.39, 0.29) is 18.0 Å². The summed E-state index contributed by atoms with van der Waals surface area (Å²) in [6.07, 6.45) is 1.28. The first-order valence-corrected chi connectivity index (χ1v) is 9.68. The highest BCUT2D eigenvalue weighted by Gasteiger charge is 2.28. The molecule has 10 heteroatoms. The predicted octanol–water partition coefficient (Wildman–Crippen LogP) is -1.33. The van der Waals surface area contributed by atoms with E-state index in [1.165, 1.54) is 13.1 Å². The van der Waals surface area contributed by atoms with E-state index < -0.39 is 29.8 Å². The number of benzene rings is 1. The Kier molecular flexibility index (Phi) is 6.68. The van der Waals surface area contributed by atoms with Crippen LogP contribution in [0.15, 0.2) is 46.1 Å². The zero-order chi connectivity index (χ0) is 21.7. The van der Waals surface area contributed by atoms with E-state index in [2.05, 4.69) is 15.2 Å². The largest absolute Gasteiger partial charge is 0.394 e. The van der Waals surface area contributed by atoms with Crippen LogP contribution in [0, 0.1) is 6.92 Å². The molecule has 0 aliphatic carbocycles. The Labute approximate surface area is 172 Å². The second kappa shape index (κ2) is 9.40. The molecule has 1 aliphatic heterocycles. The van der Waals surface area contributed by atoms with Gasteiger partial charge in [0.05, 0.1) is 6.61 Å². The van der Waals surface area contributed by atoms with Crippen LogP contribution in [-0.4, -0.2) is 70.2 Å². The molecule has 1 atom stereocenters. The number of carbonyl (C=O) groups is 2. The van der Waals surface area contributed by atoms with E-state index in [4.69, 9.17) is 0 Å². The van der Waals surface area contributed by atoms with Crippen molar-refractivity contribution in [3.8, 4) is 0 Å². The molecule has 0 saturated carbocycles. The van der Waals surface area contributed by atoms with Crippen molar-refractivity contribution in [2.75, 3.05) is 37.7 Å². The van der Waals surface area contributed by atoms with Gasteiger partial charge in [0, 0.05) is 43.6 Å². The molecule has 0 radical (unpaired) electrons. The average molecular weight is 415 g/mol. The third-order valence-corrected chi connectivity index (χ3v) is 5.03. The van der Waals surface area contributed by atoms with Crippen LogP contribution >= 0.6 is 0 Å². The van der Waals surface area contributed by atoms with Crippen molar-refractivity contribution in [2.24, 2.45) is 0 Å². The van der Waals surface area contributed by atoms with E-state index >= 15 is 0 Å². The van der Waals surface area contributed by atoms with E-state index in [9.17, 15) is 24.3 Å². The number of nitrogens with zero attached hydrogens (tertiary/aromatic N) is 3. The summed E-state index contributed by atoms with van der Waals surface area (Å²) in [4.78, 5) is 54.2. The summed E-state index contributed by atoms with van der Waals surface area (Å²) < 4.78 is 1.05. The van der Waals surface area contributed by atoms with Gasteiger partial charge in [0.2, 0.25) is 11.8 Å². The Bertz CT molecular complexity index is 1010. The Balaban J connectivity index is 1.57. The number of aromatic nitrogens is 2. The normalized spacial score (nSPS) is 15.0. The molecule has 160 valence electrons. The van der Waals surface area contributed by atoms with E-state index in [0.29, 0.717) is 26.2 Å². The number of hydrogen-bond donors (Lipinski definition) is 3. The monoisotopic (exact) mass is 415 g/mol. The van der Waals surface area contributed by atoms with Gasteiger partial charge in [-0.15, -0.1) is 0 Å². The van der Waals surface area contributed by atoms with Gasteiger partial charge in [-0.1, -0.05) is 18.2 Å². The molecule has 3 rings (SSSR count). The van der Waals surface area contributed by atoms with Crippen molar-refractivity contribution in [1.29, 1.82) is 0 Å². The number of aliphatic hydroxyl groups excluding tert-OH is 1. The molecule has 1 aliphatic rings. The maximum atomic E-state index is 12.7. The van der Waals surface area contributed by atoms with Gasteiger partial charge in [-0.05, 0) is 19.1 Å². The number of rotatable bonds is 6. The molecule has 1 aromatic carbocycles. The van der Waals surface area contributed by atoms with Gasteiger partial charge in [0.1, 0.15) is 12.6 Å². The SMILES string of the molecule is Cc1cn(CC(=O)NC(CO)C(=O)N2CCN(c3ccccc3)CC2)c(=O)[nH]c1=O. The number of anilines is 1. The number of aliphatic hydroxyl groups is 1. The zero-order valence-corrected chi connectivity index (χ0v) is 16.7. The number of nitrogens with one attached hydrogen (secondary N) is 2. The van der Waals surface area contributed by atoms with Gasteiger partial charge in [-0.3, -0.25) is 23.9 Å². The number of aromatic amines is 1. The smallest absolute Gasteiger partial charge is 0.328 e. The fourth-order valence-corrected chi connectivity index (χ4v) is 3.36. The molecular weight excluding hydrogens is 390 g/mol. The standard InChI is InChI=1S/C20H25N5O5/c1-14-11-25(20(30)22-18(14)28)12-17(27)21-16(13-26)19(29)24-9-7-23(8-10-24)15-5-3-2-4-6-15/h2-6,11,16,26H,7-10,12-13H2,1H3,(H,21,27)(H,22,28,30). The number of H-pyrrole nitrogens is 1. The Hall–Kier alpha value is -3.40. The molecule has 2 heterocycles. The van der Waals surface area contributed by atoms with Crippen LogP contribution in [0.3, 0.4) is 0 Å². The summed E-state index contributed by atoms with van der Waals surface area (Å²) in [5.41, 5.74) is 0.131. The molecule has 1 fully saturated rings. The third-order valence-electron chi connectivity index (χ3n) is 5.03. The molecule has 1 aromatic heterocycles. The highest BCUT2D eigenvalue weighted by molar-refractivity contribution is 5.88. The van der Waals surface area contributed by atoms with Crippen LogP contribution in [0.1, 0.15) is 5.56 Å². The first-order valence-electron chi connectivity index (χ1n) is 9.68. The lowest BCUT2D eigenvalue weighted by Crippen LogP contribution is -2.56. The van der Waals surface area contributed by atoms with Gasteiger partial charge in [-0.25, -0.2) is 4.79 Å². The Morgan fingerprint density at radius 2 is 1.80 bits per heavy atom.